The topological polar surface area (TPSA) is 83.8 Å². The van der Waals surface area contributed by atoms with Crippen molar-refractivity contribution < 1.29 is 22.8 Å². The summed E-state index contributed by atoms with van der Waals surface area (Å²) >= 11 is 0. The van der Waals surface area contributed by atoms with E-state index in [0.717, 1.165) is 24.8 Å². The number of aromatic hydroxyl groups is 1. The number of hydrogen-bond donors (Lipinski definition) is 2. The highest BCUT2D eigenvalue weighted by Crippen LogP contribution is 2.31. The molecule has 0 bridgehead atoms. The van der Waals surface area contributed by atoms with E-state index in [1.165, 1.54) is 62.8 Å². The minimum atomic E-state index is -4.23. The number of hydrogen-bond acceptors (Lipinski definition) is 4. The normalized spacial score (nSPS) is 11.5. The summed E-state index contributed by atoms with van der Waals surface area (Å²) in [6, 6.07) is 10.6. The molecule has 2 aromatic carbocycles. The first-order chi connectivity index (χ1) is 13.4. The number of unbranched alkanes of at least 4 members (excludes halogenated alkanes) is 7. The first-order valence-electron chi connectivity index (χ1n) is 9.97. The summed E-state index contributed by atoms with van der Waals surface area (Å²) in [7, 11) is -4.23. The van der Waals surface area contributed by atoms with Crippen molar-refractivity contribution in [2.24, 2.45) is 0 Å². The molecule has 0 radical (unpaired) electrons. The molecule has 0 spiro atoms. The van der Waals surface area contributed by atoms with Gasteiger partial charge in [0, 0.05) is 6.07 Å². The Bertz CT molecular complexity index is 829. The number of phenolic OH excluding ortho intramolecular Hbond substituents is 1. The van der Waals surface area contributed by atoms with E-state index >= 15 is 0 Å². The largest absolute Gasteiger partial charge is 0.508 e. The molecule has 0 fully saturated rings. The Hall–Kier alpha value is -2.05. The van der Waals surface area contributed by atoms with Gasteiger partial charge in [-0.05, 0) is 48.7 Å². The van der Waals surface area contributed by atoms with E-state index in [9.17, 15) is 13.5 Å². The molecule has 2 aromatic rings. The second kappa shape index (κ2) is 11.1. The van der Waals surface area contributed by atoms with Gasteiger partial charge in [-0.25, -0.2) is 0 Å². The molecular weight excluding hydrogens is 376 g/mol. The van der Waals surface area contributed by atoms with E-state index in [1.807, 2.05) is 6.07 Å². The molecule has 0 aromatic heterocycles. The zero-order valence-corrected chi connectivity index (χ0v) is 17.2. The molecule has 6 heteroatoms. The predicted molar refractivity (Wildman–Crippen MR) is 111 cm³/mol. The average Bonchev–Trinajstić information content (AvgIpc) is 2.65. The summed E-state index contributed by atoms with van der Waals surface area (Å²) in [5.41, 5.74) is 1.00. The lowest BCUT2D eigenvalue weighted by Crippen LogP contribution is -1.98. The molecule has 0 aliphatic carbocycles. The summed E-state index contributed by atoms with van der Waals surface area (Å²) in [5, 5.41) is 9.79. The van der Waals surface area contributed by atoms with E-state index in [-0.39, 0.29) is 10.6 Å². The van der Waals surface area contributed by atoms with E-state index in [2.05, 4.69) is 6.92 Å². The molecule has 2 N–H and O–H groups in total. The number of rotatable bonds is 12. The SMILES string of the molecule is CCCCCCCCCCc1ccc(O)cc1Oc1ccc(S(=O)(=O)O)cc1. The van der Waals surface area contributed by atoms with Crippen LogP contribution in [0.25, 0.3) is 0 Å². The van der Waals surface area contributed by atoms with Crippen LogP contribution in [-0.4, -0.2) is 18.1 Å². The van der Waals surface area contributed by atoms with Gasteiger partial charge in [0.05, 0.1) is 4.90 Å². The lowest BCUT2D eigenvalue weighted by Gasteiger charge is -2.12. The van der Waals surface area contributed by atoms with E-state index in [4.69, 9.17) is 9.29 Å². The standard InChI is InChI=1S/C22H30O5S/c1-2-3-4-5-6-7-8-9-10-18-11-12-19(23)17-22(18)27-20-13-15-21(16-14-20)28(24,25)26/h11-17,23H,2-10H2,1H3,(H,24,25,26). The fourth-order valence-electron chi connectivity index (χ4n) is 3.10. The van der Waals surface area contributed by atoms with Crippen LogP contribution in [0, 0.1) is 0 Å². The molecule has 0 aliphatic heterocycles. The van der Waals surface area contributed by atoms with Crippen molar-refractivity contribution in [1.29, 1.82) is 0 Å². The van der Waals surface area contributed by atoms with Gasteiger partial charge in [0.25, 0.3) is 10.1 Å². The molecular formula is C22H30O5S. The van der Waals surface area contributed by atoms with Crippen LogP contribution in [0.5, 0.6) is 17.2 Å². The van der Waals surface area contributed by atoms with Crippen LogP contribution in [0.15, 0.2) is 47.4 Å². The maximum Gasteiger partial charge on any atom is 0.294 e. The Labute approximate surface area is 168 Å². The van der Waals surface area contributed by atoms with Crippen LogP contribution in [0.2, 0.25) is 0 Å². The quantitative estimate of drug-likeness (QED) is 0.328. The highest BCUT2D eigenvalue weighted by molar-refractivity contribution is 7.85. The Balaban J connectivity index is 1.91. The number of aryl methyl sites for hydroxylation is 1. The van der Waals surface area contributed by atoms with Crippen molar-refractivity contribution in [2.75, 3.05) is 0 Å². The lowest BCUT2D eigenvalue weighted by atomic mass is 10.0. The maximum atomic E-state index is 11.1. The maximum absolute atomic E-state index is 11.1. The molecule has 28 heavy (non-hydrogen) atoms. The van der Waals surface area contributed by atoms with Gasteiger partial charge in [-0.15, -0.1) is 0 Å². The Morgan fingerprint density at radius 3 is 2.07 bits per heavy atom. The second-order valence-electron chi connectivity index (χ2n) is 7.07. The third-order valence-electron chi connectivity index (χ3n) is 4.70. The molecule has 0 heterocycles. The van der Waals surface area contributed by atoms with Crippen LogP contribution in [-0.2, 0) is 16.5 Å². The Morgan fingerprint density at radius 2 is 1.46 bits per heavy atom. The summed E-state index contributed by atoms with van der Waals surface area (Å²) in [5.74, 6) is 1.11. The summed E-state index contributed by atoms with van der Waals surface area (Å²) in [6.07, 6.45) is 10.8. The number of ether oxygens (including phenoxy) is 1. The van der Waals surface area contributed by atoms with E-state index in [0.29, 0.717) is 11.5 Å². The third-order valence-corrected chi connectivity index (χ3v) is 5.57. The summed E-state index contributed by atoms with van der Waals surface area (Å²) in [6.45, 7) is 2.22. The third kappa shape index (κ3) is 7.52. The Kier molecular flexibility index (Phi) is 8.80. The monoisotopic (exact) mass is 406 g/mol. The molecule has 0 amide bonds. The van der Waals surface area contributed by atoms with Gasteiger partial charge in [-0.3, -0.25) is 4.55 Å². The summed E-state index contributed by atoms with van der Waals surface area (Å²) < 4.78 is 37.1. The van der Waals surface area contributed by atoms with E-state index < -0.39 is 10.1 Å². The minimum absolute atomic E-state index is 0.115. The highest BCUT2D eigenvalue weighted by Gasteiger charge is 2.11. The van der Waals surface area contributed by atoms with Gasteiger partial charge in [-0.2, -0.15) is 8.42 Å². The van der Waals surface area contributed by atoms with Crippen LogP contribution in [0.4, 0.5) is 0 Å². The van der Waals surface area contributed by atoms with Crippen molar-refractivity contribution in [2.45, 2.75) is 69.6 Å². The average molecular weight is 407 g/mol. The first-order valence-corrected chi connectivity index (χ1v) is 11.4. The fraction of sp³-hybridized carbons (Fsp3) is 0.455. The van der Waals surface area contributed by atoms with Gasteiger partial charge in [0.1, 0.15) is 17.2 Å². The van der Waals surface area contributed by atoms with Gasteiger partial charge >= 0.3 is 0 Å². The van der Waals surface area contributed by atoms with Gasteiger partial charge in [-0.1, -0.05) is 57.9 Å². The molecule has 154 valence electrons. The van der Waals surface area contributed by atoms with Crippen LogP contribution in [0.3, 0.4) is 0 Å². The number of benzene rings is 2. The molecule has 0 unspecified atom stereocenters. The Morgan fingerprint density at radius 1 is 0.857 bits per heavy atom. The zero-order chi connectivity index (χ0) is 20.4. The van der Waals surface area contributed by atoms with Crippen molar-refractivity contribution in [3.05, 3.63) is 48.0 Å². The molecule has 0 atom stereocenters. The van der Waals surface area contributed by atoms with Crippen molar-refractivity contribution in [3.8, 4) is 17.2 Å². The van der Waals surface area contributed by atoms with Crippen molar-refractivity contribution in [1.82, 2.24) is 0 Å². The zero-order valence-electron chi connectivity index (χ0n) is 16.4. The summed E-state index contributed by atoms with van der Waals surface area (Å²) in [4.78, 5) is -0.185. The smallest absolute Gasteiger partial charge is 0.294 e. The van der Waals surface area contributed by atoms with Crippen LogP contribution >= 0.6 is 0 Å². The van der Waals surface area contributed by atoms with Crippen LogP contribution < -0.4 is 4.74 Å². The first kappa shape index (κ1) is 22.2. The molecule has 2 rings (SSSR count). The molecule has 0 aliphatic rings. The van der Waals surface area contributed by atoms with Crippen molar-refractivity contribution >= 4 is 10.1 Å². The van der Waals surface area contributed by atoms with Crippen molar-refractivity contribution in [3.63, 3.8) is 0 Å². The molecule has 5 nitrogen and oxygen atoms in total. The van der Waals surface area contributed by atoms with Gasteiger partial charge in [0.2, 0.25) is 0 Å². The van der Waals surface area contributed by atoms with E-state index in [1.54, 1.807) is 12.1 Å². The predicted octanol–water partition coefficient (Wildman–Crippen LogP) is 6.11. The highest BCUT2D eigenvalue weighted by atomic mass is 32.2. The fourth-order valence-corrected chi connectivity index (χ4v) is 3.58. The van der Waals surface area contributed by atoms with Gasteiger partial charge < -0.3 is 9.84 Å². The van der Waals surface area contributed by atoms with Gasteiger partial charge in [0.15, 0.2) is 0 Å². The molecule has 0 saturated carbocycles. The second-order valence-corrected chi connectivity index (χ2v) is 8.49. The van der Waals surface area contributed by atoms with Crippen LogP contribution in [0.1, 0.15) is 63.9 Å². The number of phenols is 1. The molecule has 0 saturated heterocycles. The lowest BCUT2D eigenvalue weighted by molar-refractivity contribution is 0.450. The minimum Gasteiger partial charge on any atom is -0.508 e.